The van der Waals surface area contributed by atoms with E-state index in [-0.39, 0.29) is 31.1 Å². The van der Waals surface area contributed by atoms with E-state index in [1.54, 1.807) is 0 Å². The fourth-order valence-electron chi connectivity index (χ4n) is 10.2. The molecule has 0 saturated heterocycles. The summed E-state index contributed by atoms with van der Waals surface area (Å²) in [5.41, 5.74) is 0. The Kier molecular flexibility index (Phi) is 66.2. The zero-order valence-corrected chi connectivity index (χ0v) is 53.8. The molecule has 0 aliphatic carbocycles. The van der Waals surface area contributed by atoms with E-state index >= 15 is 0 Å². The van der Waals surface area contributed by atoms with Crippen LogP contribution in [0.15, 0.2) is 85.1 Å². The Morgan fingerprint density at radius 1 is 0.259 bits per heavy atom. The Morgan fingerprint density at radius 2 is 0.481 bits per heavy atom. The highest BCUT2D eigenvalue weighted by Gasteiger charge is 2.19. The van der Waals surface area contributed by atoms with Crippen molar-refractivity contribution < 1.29 is 28.6 Å². The SMILES string of the molecule is CC/C=C\C/C=C\C/C=C\C/C=C\C/C=C\C/C=C\CCCCCCCCCCCCCCC(=O)OCC(COC(=O)CCCCCCCCCCCCCCCCCC)OC(=O)CCCCCCC/C=C\CCCCCCCCC. The minimum atomic E-state index is -0.780. The van der Waals surface area contributed by atoms with Gasteiger partial charge < -0.3 is 14.2 Å². The highest BCUT2D eigenvalue weighted by atomic mass is 16.6. The number of unbranched alkanes of at least 4 members (excludes halogenated alkanes) is 39. The summed E-state index contributed by atoms with van der Waals surface area (Å²) in [5.74, 6) is -0.866. The van der Waals surface area contributed by atoms with Crippen molar-refractivity contribution in [1.29, 1.82) is 0 Å². The van der Waals surface area contributed by atoms with E-state index in [4.69, 9.17) is 14.2 Å². The number of carbonyl (C=O) groups is 3. The maximum atomic E-state index is 12.9. The number of carbonyl (C=O) groups excluding carboxylic acids is 3. The lowest BCUT2D eigenvalue weighted by molar-refractivity contribution is -0.167. The number of allylic oxidation sites excluding steroid dienone is 14. The lowest BCUT2D eigenvalue weighted by Crippen LogP contribution is -2.30. The van der Waals surface area contributed by atoms with Gasteiger partial charge in [-0.05, 0) is 96.3 Å². The molecule has 0 fully saturated rings. The second kappa shape index (κ2) is 69.1. The first kappa shape index (κ1) is 77.6. The smallest absolute Gasteiger partial charge is 0.306 e. The van der Waals surface area contributed by atoms with Gasteiger partial charge in [-0.3, -0.25) is 14.4 Å². The molecule has 81 heavy (non-hydrogen) atoms. The second-order valence-corrected chi connectivity index (χ2v) is 23.4. The summed E-state index contributed by atoms with van der Waals surface area (Å²) in [4.78, 5) is 38.4. The molecule has 0 spiro atoms. The molecule has 0 aromatic carbocycles. The normalized spacial score (nSPS) is 12.6. The Morgan fingerprint density at radius 3 is 0.765 bits per heavy atom. The van der Waals surface area contributed by atoms with E-state index in [0.717, 1.165) is 103 Å². The third kappa shape index (κ3) is 67.3. The quantitative estimate of drug-likeness (QED) is 0.0261. The van der Waals surface area contributed by atoms with Crippen LogP contribution < -0.4 is 0 Å². The lowest BCUT2D eigenvalue weighted by atomic mass is 10.0. The molecule has 6 nitrogen and oxygen atoms in total. The minimum absolute atomic E-state index is 0.0751. The van der Waals surface area contributed by atoms with Gasteiger partial charge in [-0.25, -0.2) is 0 Å². The summed E-state index contributed by atoms with van der Waals surface area (Å²) < 4.78 is 17.0. The van der Waals surface area contributed by atoms with Crippen LogP contribution >= 0.6 is 0 Å². The van der Waals surface area contributed by atoms with Gasteiger partial charge in [0.25, 0.3) is 0 Å². The first-order valence-corrected chi connectivity index (χ1v) is 35.1. The van der Waals surface area contributed by atoms with Crippen molar-refractivity contribution in [2.45, 2.75) is 361 Å². The summed E-state index contributed by atoms with van der Waals surface area (Å²) >= 11 is 0. The van der Waals surface area contributed by atoms with E-state index in [2.05, 4.69) is 106 Å². The van der Waals surface area contributed by atoms with E-state index in [1.807, 2.05) is 0 Å². The van der Waals surface area contributed by atoms with Gasteiger partial charge in [-0.2, -0.15) is 0 Å². The number of rotatable bonds is 64. The van der Waals surface area contributed by atoms with Crippen molar-refractivity contribution in [3.63, 3.8) is 0 Å². The average Bonchev–Trinajstić information content (AvgIpc) is 3.47. The maximum absolute atomic E-state index is 12.9. The largest absolute Gasteiger partial charge is 0.462 e. The van der Waals surface area contributed by atoms with Crippen LogP contribution in [0.2, 0.25) is 0 Å². The summed E-state index contributed by atoms with van der Waals surface area (Å²) in [6, 6.07) is 0. The van der Waals surface area contributed by atoms with Crippen molar-refractivity contribution in [1.82, 2.24) is 0 Å². The molecule has 0 aliphatic rings. The molecular formula is C75H132O6. The number of hydrogen-bond acceptors (Lipinski definition) is 6. The number of hydrogen-bond donors (Lipinski definition) is 0. The third-order valence-corrected chi connectivity index (χ3v) is 15.4. The molecule has 0 heterocycles. The Bertz CT molecular complexity index is 1530. The van der Waals surface area contributed by atoms with E-state index < -0.39 is 6.10 Å². The molecule has 0 aromatic rings. The third-order valence-electron chi connectivity index (χ3n) is 15.4. The molecule has 1 atom stereocenters. The minimum Gasteiger partial charge on any atom is -0.462 e. The van der Waals surface area contributed by atoms with Gasteiger partial charge in [0.1, 0.15) is 13.2 Å². The summed E-state index contributed by atoms with van der Waals surface area (Å²) in [6.07, 6.45) is 91.7. The molecule has 468 valence electrons. The maximum Gasteiger partial charge on any atom is 0.306 e. The zero-order chi connectivity index (χ0) is 58.5. The van der Waals surface area contributed by atoms with Crippen molar-refractivity contribution in [2.24, 2.45) is 0 Å². The molecule has 0 aliphatic heterocycles. The topological polar surface area (TPSA) is 78.9 Å². The molecular weight excluding hydrogens is 997 g/mol. The average molecular weight is 1130 g/mol. The lowest BCUT2D eigenvalue weighted by Gasteiger charge is -2.18. The predicted molar refractivity (Wildman–Crippen MR) is 353 cm³/mol. The van der Waals surface area contributed by atoms with Crippen LogP contribution in [0.25, 0.3) is 0 Å². The summed E-state index contributed by atoms with van der Waals surface area (Å²) in [6.45, 7) is 6.57. The molecule has 0 radical (unpaired) electrons. The van der Waals surface area contributed by atoms with E-state index in [0.29, 0.717) is 19.3 Å². The van der Waals surface area contributed by atoms with Gasteiger partial charge in [-0.1, -0.05) is 324 Å². The molecule has 0 bridgehead atoms. The van der Waals surface area contributed by atoms with Crippen molar-refractivity contribution in [3.05, 3.63) is 85.1 Å². The van der Waals surface area contributed by atoms with E-state index in [1.165, 1.54) is 212 Å². The van der Waals surface area contributed by atoms with Crippen LogP contribution in [0.3, 0.4) is 0 Å². The molecule has 1 unspecified atom stereocenters. The fraction of sp³-hybridized carbons (Fsp3) is 0.773. The van der Waals surface area contributed by atoms with Crippen molar-refractivity contribution >= 4 is 17.9 Å². The van der Waals surface area contributed by atoms with Gasteiger partial charge in [0, 0.05) is 19.3 Å². The van der Waals surface area contributed by atoms with Gasteiger partial charge in [0.15, 0.2) is 6.10 Å². The second-order valence-electron chi connectivity index (χ2n) is 23.4. The van der Waals surface area contributed by atoms with Crippen molar-refractivity contribution in [2.75, 3.05) is 13.2 Å². The molecule has 6 heteroatoms. The standard InChI is InChI=1S/C75H132O6/c1-4-7-10-13-16-19-22-25-28-31-32-33-34-35-36-37-38-39-40-41-42-43-44-45-48-50-53-56-59-62-65-68-74(77)80-71-72(81-75(78)69-66-63-60-57-54-51-47-30-27-24-21-18-15-12-9-6-3)70-79-73(76)67-64-61-58-55-52-49-46-29-26-23-20-17-14-11-8-5-2/h7,10,16,19,25,28,30,32-33,35-36,38-39,47,72H,4-6,8-9,11-15,17-18,20-24,26-27,29,31,34,37,40-46,48-71H2,1-3H3/b10-7-,19-16-,28-25-,33-32-,36-35-,39-38-,47-30-. The van der Waals surface area contributed by atoms with Crippen molar-refractivity contribution in [3.8, 4) is 0 Å². The molecule has 0 aromatic heterocycles. The monoisotopic (exact) mass is 1130 g/mol. The summed E-state index contributed by atoms with van der Waals surface area (Å²) in [7, 11) is 0. The molecule has 0 saturated carbocycles. The number of esters is 3. The van der Waals surface area contributed by atoms with Crippen LogP contribution in [-0.2, 0) is 28.6 Å². The molecule has 0 rings (SSSR count). The van der Waals surface area contributed by atoms with Crippen LogP contribution in [0, 0.1) is 0 Å². The van der Waals surface area contributed by atoms with Gasteiger partial charge in [0.05, 0.1) is 0 Å². The Hall–Kier alpha value is -3.41. The van der Waals surface area contributed by atoms with Crippen LogP contribution in [0.4, 0.5) is 0 Å². The Balaban J connectivity index is 4.25. The summed E-state index contributed by atoms with van der Waals surface area (Å²) in [5, 5.41) is 0. The zero-order valence-electron chi connectivity index (χ0n) is 53.8. The molecule has 0 amide bonds. The molecule has 0 N–H and O–H groups in total. The highest BCUT2D eigenvalue weighted by Crippen LogP contribution is 2.17. The Labute approximate surface area is 503 Å². The van der Waals surface area contributed by atoms with E-state index in [9.17, 15) is 14.4 Å². The van der Waals surface area contributed by atoms with Crippen LogP contribution in [0.1, 0.15) is 355 Å². The van der Waals surface area contributed by atoms with Crippen LogP contribution in [-0.4, -0.2) is 37.2 Å². The van der Waals surface area contributed by atoms with Gasteiger partial charge in [-0.15, -0.1) is 0 Å². The first-order valence-electron chi connectivity index (χ1n) is 35.1. The van der Waals surface area contributed by atoms with Gasteiger partial charge >= 0.3 is 17.9 Å². The van der Waals surface area contributed by atoms with Gasteiger partial charge in [0.2, 0.25) is 0 Å². The van der Waals surface area contributed by atoms with Crippen LogP contribution in [0.5, 0.6) is 0 Å². The highest BCUT2D eigenvalue weighted by molar-refractivity contribution is 5.71. The number of ether oxygens (including phenoxy) is 3. The predicted octanol–water partition coefficient (Wildman–Crippen LogP) is 24.2. The fourth-order valence-corrected chi connectivity index (χ4v) is 10.2. The first-order chi connectivity index (χ1) is 40.0.